The molecule has 0 fully saturated rings. The molecule has 2 rings (SSSR count). The van der Waals surface area contributed by atoms with E-state index in [-0.39, 0.29) is 5.91 Å². The van der Waals surface area contributed by atoms with Crippen LogP contribution in [0.3, 0.4) is 0 Å². The Labute approximate surface area is 138 Å². The van der Waals surface area contributed by atoms with Gasteiger partial charge in [-0.2, -0.15) is 5.26 Å². The highest BCUT2D eigenvalue weighted by molar-refractivity contribution is 6.07. The molecule has 0 spiro atoms. The lowest BCUT2D eigenvalue weighted by Gasteiger charge is -2.24. The van der Waals surface area contributed by atoms with Crippen LogP contribution in [0.25, 0.3) is 0 Å². The molecule has 0 radical (unpaired) electrons. The molecule has 0 aliphatic heterocycles. The van der Waals surface area contributed by atoms with Gasteiger partial charge in [-0.15, -0.1) is 0 Å². The van der Waals surface area contributed by atoms with Crippen LogP contribution in [-0.4, -0.2) is 12.5 Å². The third-order valence-corrected chi connectivity index (χ3v) is 4.33. The Morgan fingerprint density at radius 3 is 2.43 bits per heavy atom. The SMILES string of the molecule is Cc1ccc(N(CCC#N)C(=O)c2cccc(C)c2C)cc1C. The Kier molecular flexibility index (Phi) is 5.18. The second-order valence-electron chi connectivity index (χ2n) is 5.88. The minimum absolute atomic E-state index is 0.0512. The molecular weight excluding hydrogens is 284 g/mol. The highest BCUT2D eigenvalue weighted by Gasteiger charge is 2.20. The van der Waals surface area contributed by atoms with Gasteiger partial charge in [0, 0.05) is 17.8 Å². The molecule has 0 saturated carbocycles. The summed E-state index contributed by atoms with van der Waals surface area (Å²) in [6, 6.07) is 13.9. The molecule has 2 aromatic carbocycles. The van der Waals surface area contributed by atoms with Gasteiger partial charge >= 0.3 is 0 Å². The molecule has 23 heavy (non-hydrogen) atoms. The lowest BCUT2D eigenvalue weighted by atomic mass is 10.0. The van der Waals surface area contributed by atoms with E-state index in [4.69, 9.17) is 5.26 Å². The third kappa shape index (κ3) is 3.60. The summed E-state index contributed by atoms with van der Waals surface area (Å²) >= 11 is 0. The monoisotopic (exact) mass is 306 g/mol. The number of nitrogens with zero attached hydrogens (tertiary/aromatic N) is 2. The van der Waals surface area contributed by atoms with Crippen molar-refractivity contribution in [1.82, 2.24) is 0 Å². The van der Waals surface area contributed by atoms with Gasteiger partial charge in [-0.3, -0.25) is 4.79 Å². The summed E-state index contributed by atoms with van der Waals surface area (Å²) in [5.41, 5.74) is 5.95. The highest BCUT2D eigenvalue weighted by Crippen LogP contribution is 2.23. The van der Waals surface area contributed by atoms with Crippen LogP contribution in [0.15, 0.2) is 36.4 Å². The number of carbonyl (C=O) groups is 1. The molecule has 0 aromatic heterocycles. The van der Waals surface area contributed by atoms with Crippen molar-refractivity contribution in [3.8, 4) is 6.07 Å². The average Bonchev–Trinajstić information content (AvgIpc) is 2.53. The number of hydrogen-bond donors (Lipinski definition) is 0. The number of carbonyl (C=O) groups excluding carboxylic acids is 1. The van der Waals surface area contributed by atoms with Crippen molar-refractivity contribution in [2.24, 2.45) is 0 Å². The minimum Gasteiger partial charge on any atom is -0.307 e. The van der Waals surface area contributed by atoms with E-state index in [0.717, 1.165) is 22.4 Å². The molecule has 118 valence electrons. The van der Waals surface area contributed by atoms with Gasteiger partial charge in [0.15, 0.2) is 0 Å². The predicted molar refractivity (Wildman–Crippen MR) is 93.7 cm³/mol. The maximum absolute atomic E-state index is 13.0. The predicted octanol–water partition coefficient (Wildman–Crippen LogP) is 4.48. The number of hydrogen-bond acceptors (Lipinski definition) is 2. The molecule has 0 N–H and O–H groups in total. The van der Waals surface area contributed by atoms with E-state index in [9.17, 15) is 4.79 Å². The molecule has 0 aliphatic rings. The second-order valence-corrected chi connectivity index (χ2v) is 5.88. The van der Waals surface area contributed by atoms with E-state index in [1.54, 1.807) is 4.90 Å². The van der Waals surface area contributed by atoms with E-state index in [0.29, 0.717) is 18.5 Å². The Bertz CT molecular complexity index is 772. The van der Waals surface area contributed by atoms with E-state index >= 15 is 0 Å². The summed E-state index contributed by atoms with van der Waals surface area (Å²) in [7, 11) is 0. The topological polar surface area (TPSA) is 44.1 Å². The Balaban J connectivity index is 2.45. The fourth-order valence-electron chi connectivity index (χ4n) is 2.53. The van der Waals surface area contributed by atoms with Crippen LogP contribution in [-0.2, 0) is 0 Å². The number of nitriles is 1. The number of amides is 1. The summed E-state index contributed by atoms with van der Waals surface area (Å²) in [6.45, 7) is 8.44. The van der Waals surface area contributed by atoms with Crippen LogP contribution in [0.4, 0.5) is 5.69 Å². The Hall–Kier alpha value is -2.60. The first-order valence-electron chi connectivity index (χ1n) is 7.78. The van der Waals surface area contributed by atoms with Crippen molar-refractivity contribution < 1.29 is 4.79 Å². The van der Waals surface area contributed by atoms with Crippen molar-refractivity contribution in [1.29, 1.82) is 5.26 Å². The third-order valence-electron chi connectivity index (χ3n) is 4.33. The summed E-state index contributed by atoms with van der Waals surface area (Å²) < 4.78 is 0. The first-order chi connectivity index (χ1) is 11.0. The number of rotatable bonds is 4. The molecule has 2 aromatic rings. The fourth-order valence-corrected chi connectivity index (χ4v) is 2.53. The zero-order valence-electron chi connectivity index (χ0n) is 14.2. The number of aryl methyl sites for hydroxylation is 3. The van der Waals surface area contributed by atoms with Crippen molar-refractivity contribution >= 4 is 11.6 Å². The molecule has 0 saturated heterocycles. The first-order valence-corrected chi connectivity index (χ1v) is 7.78. The maximum Gasteiger partial charge on any atom is 0.258 e. The second kappa shape index (κ2) is 7.11. The number of benzene rings is 2. The summed E-state index contributed by atoms with van der Waals surface area (Å²) in [6.07, 6.45) is 0.309. The zero-order chi connectivity index (χ0) is 17.0. The summed E-state index contributed by atoms with van der Waals surface area (Å²) in [5.74, 6) is -0.0512. The van der Waals surface area contributed by atoms with Crippen LogP contribution >= 0.6 is 0 Å². The van der Waals surface area contributed by atoms with E-state index in [2.05, 4.69) is 6.07 Å². The van der Waals surface area contributed by atoms with Gasteiger partial charge < -0.3 is 4.90 Å². The lowest BCUT2D eigenvalue weighted by Crippen LogP contribution is -2.32. The average molecular weight is 306 g/mol. The molecule has 3 nitrogen and oxygen atoms in total. The van der Waals surface area contributed by atoms with E-state index in [1.165, 1.54) is 5.56 Å². The fraction of sp³-hybridized carbons (Fsp3) is 0.300. The Morgan fingerprint density at radius 2 is 1.78 bits per heavy atom. The van der Waals surface area contributed by atoms with Gasteiger partial charge in [0.25, 0.3) is 5.91 Å². The van der Waals surface area contributed by atoms with Crippen LogP contribution in [0.1, 0.15) is 39.0 Å². The molecule has 0 aliphatic carbocycles. The van der Waals surface area contributed by atoms with Crippen molar-refractivity contribution in [3.63, 3.8) is 0 Å². The van der Waals surface area contributed by atoms with E-state index < -0.39 is 0 Å². The van der Waals surface area contributed by atoms with Crippen molar-refractivity contribution in [2.45, 2.75) is 34.1 Å². The molecule has 0 atom stereocenters. The molecule has 0 bridgehead atoms. The summed E-state index contributed by atoms with van der Waals surface area (Å²) in [5, 5.41) is 8.92. The van der Waals surface area contributed by atoms with Crippen LogP contribution < -0.4 is 4.90 Å². The van der Waals surface area contributed by atoms with Crippen LogP contribution in [0.5, 0.6) is 0 Å². The van der Waals surface area contributed by atoms with Crippen LogP contribution in [0.2, 0.25) is 0 Å². The highest BCUT2D eigenvalue weighted by atomic mass is 16.2. The molecule has 0 unspecified atom stereocenters. The largest absolute Gasteiger partial charge is 0.307 e. The van der Waals surface area contributed by atoms with E-state index in [1.807, 2.05) is 64.1 Å². The number of anilines is 1. The lowest BCUT2D eigenvalue weighted by molar-refractivity contribution is 0.0987. The zero-order valence-corrected chi connectivity index (χ0v) is 14.2. The normalized spacial score (nSPS) is 10.2. The minimum atomic E-state index is -0.0512. The van der Waals surface area contributed by atoms with Gasteiger partial charge in [-0.25, -0.2) is 0 Å². The maximum atomic E-state index is 13.0. The molecule has 0 heterocycles. The van der Waals surface area contributed by atoms with Crippen LogP contribution in [0, 0.1) is 39.0 Å². The van der Waals surface area contributed by atoms with Crippen molar-refractivity contribution in [3.05, 3.63) is 64.2 Å². The van der Waals surface area contributed by atoms with Crippen molar-refractivity contribution in [2.75, 3.05) is 11.4 Å². The molecular formula is C20H22N2O. The molecule has 3 heteroatoms. The van der Waals surface area contributed by atoms with Gasteiger partial charge in [-0.05, 0) is 68.1 Å². The quantitative estimate of drug-likeness (QED) is 0.836. The Morgan fingerprint density at radius 1 is 1.04 bits per heavy atom. The van der Waals surface area contributed by atoms with Gasteiger partial charge in [0.2, 0.25) is 0 Å². The summed E-state index contributed by atoms with van der Waals surface area (Å²) in [4.78, 5) is 14.7. The van der Waals surface area contributed by atoms with Gasteiger partial charge in [0.05, 0.1) is 12.5 Å². The van der Waals surface area contributed by atoms with Gasteiger partial charge in [-0.1, -0.05) is 18.2 Å². The standard InChI is InChI=1S/C20H22N2O/c1-14-9-10-18(13-16(14)3)22(12-6-11-21)20(23)19-8-5-7-15(2)17(19)4/h5,7-10,13H,6,12H2,1-4H3. The van der Waals surface area contributed by atoms with Gasteiger partial charge in [0.1, 0.15) is 0 Å². The smallest absolute Gasteiger partial charge is 0.258 e. The first kappa shape index (κ1) is 16.8. The molecule has 1 amide bonds.